The summed E-state index contributed by atoms with van der Waals surface area (Å²) in [7, 11) is 0. The number of rotatable bonds is 8. The van der Waals surface area contributed by atoms with Crippen molar-refractivity contribution >= 4 is 35.2 Å². The fourth-order valence-electron chi connectivity index (χ4n) is 1.49. The van der Waals surface area contributed by atoms with E-state index in [2.05, 4.69) is 11.9 Å². The molecule has 0 aliphatic rings. The third-order valence-electron chi connectivity index (χ3n) is 2.26. The molecule has 1 aromatic rings. The zero-order chi connectivity index (χ0) is 13.4. The molecule has 0 fully saturated rings. The maximum atomic E-state index is 11.3. The molecule has 0 aliphatic carbocycles. The van der Waals surface area contributed by atoms with Crippen LogP contribution in [0.3, 0.4) is 0 Å². The second-order valence-corrected chi connectivity index (χ2v) is 5.48. The first-order valence-corrected chi connectivity index (χ1v) is 7.91. The van der Waals surface area contributed by atoms with Crippen LogP contribution in [0.15, 0.2) is 35.7 Å². The first kappa shape index (κ1) is 15.0. The lowest BCUT2D eigenvalue weighted by Gasteiger charge is -2.11. The average molecular weight is 283 g/mol. The van der Waals surface area contributed by atoms with E-state index in [1.165, 1.54) is 11.8 Å². The van der Waals surface area contributed by atoms with Gasteiger partial charge in [-0.2, -0.15) is 11.8 Å². The topological polar surface area (TPSA) is 49.3 Å². The van der Waals surface area contributed by atoms with E-state index >= 15 is 0 Å². The van der Waals surface area contributed by atoms with E-state index in [0.29, 0.717) is 11.3 Å². The van der Waals surface area contributed by atoms with Gasteiger partial charge in [-0.3, -0.25) is 0 Å². The third kappa shape index (κ3) is 4.31. The van der Waals surface area contributed by atoms with Crippen LogP contribution in [0.4, 0.5) is 5.69 Å². The van der Waals surface area contributed by atoms with Gasteiger partial charge in [0.15, 0.2) is 0 Å². The molecule has 18 heavy (non-hydrogen) atoms. The van der Waals surface area contributed by atoms with Crippen molar-refractivity contribution in [3.8, 4) is 0 Å². The standard InChI is InChI=1S/C13H17NO2S2/c1-3-8-18-9-7-14-10-5-4-6-11(17-2)12(10)13(15)16/h3-6,14H,1,7-9H2,2H3,(H,15,16). The third-order valence-corrected chi connectivity index (χ3v) is 4.00. The molecule has 2 N–H and O–H groups in total. The van der Waals surface area contributed by atoms with Gasteiger partial charge in [-0.1, -0.05) is 12.1 Å². The molecule has 0 unspecified atom stereocenters. The Morgan fingerprint density at radius 3 is 2.94 bits per heavy atom. The van der Waals surface area contributed by atoms with Gasteiger partial charge in [-0.05, 0) is 18.4 Å². The van der Waals surface area contributed by atoms with Gasteiger partial charge in [0, 0.05) is 28.6 Å². The van der Waals surface area contributed by atoms with Crippen LogP contribution in [-0.4, -0.2) is 35.4 Å². The summed E-state index contributed by atoms with van der Waals surface area (Å²) in [6.45, 7) is 4.40. The Bertz CT molecular complexity index is 421. The van der Waals surface area contributed by atoms with Crippen LogP contribution in [0.1, 0.15) is 10.4 Å². The van der Waals surface area contributed by atoms with Crippen LogP contribution in [-0.2, 0) is 0 Å². The number of hydrogen-bond acceptors (Lipinski definition) is 4. The first-order valence-electron chi connectivity index (χ1n) is 5.53. The molecule has 3 nitrogen and oxygen atoms in total. The Labute approximate surface area is 116 Å². The predicted molar refractivity (Wildman–Crippen MR) is 81.2 cm³/mol. The minimum absolute atomic E-state index is 0.360. The Morgan fingerprint density at radius 1 is 1.56 bits per heavy atom. The van der Waals surface area contributed by atoms with Crippen molar-refractivity contribution in [2.45, 2.75) is 4.90 Å². The number of hydrogen-bond donors (Lipinski definition) is 2. The number of carbonyl (C=O) groups is 1. The molecule has 1 rings (SSSR count). The lowest BCUT2D eigenvalue weighted by Crippen LogP contribution is -2.10. The number of aromatic carboxylic acids is 1. The van der Waals surface area contributed by atoms with Crippen molar-refractivity contribution < 1.29 is 9.90 Å². The fraction of sp³-hybridized carbons (Fsp3) is 0.308. The van der Waals surface area contributed by atoms with Gasteiger partial charge < -0.3 is 10.4 Å². The van der Waals surface area contributed by atoms with Crippen LogP contribution < -0.4 is 5.32 Å². The number of benzene rings is 1. The van der Waals surface area contributed by atoms with E-state index in [1.54, 1.807) is 17.8 Å². The van der Waals surface area contributed by atoms with Gasteiger partial charge in [-0.25, -0.2) is 4.79 Å². The summed E-state index contributed by atoms with van der Waals surface area (Å²) in [4.78, 5) is 12.0. The van der Waals surface area contributed by atoms with Crippen molar-refractivity contribution in [3.63, 3.8) is 0 Å². The van der Waals surface area contributed by atoms with E-state index in [-0.39, 0.29) is 0 Å². The molecular formula is C13H17NO2S2. The molecule has 0 saturated carbocycles. The zero-order valence-corrected chi connectivity index (χ0v) is 11.9. The van der Waals surface area contributed by atoms with Gasteiger partial charge in [0.2, 0.25) is 0 Å². The molecule has 1 aromatic carbocycles. The van der Waals surface area contributed by atoms with E-state index in [9.17, 15) is 9.90 Å². The Hall–Kier alpha value is -1.07. The minimum Gasteiger partial charge on any atom is -0.478 e. The number of carboxylic acids is 1. The van der Waals surface area contributed by atoms with Crippen molar-refractivity contribution in [1.82, 2.24) is 0 Å². The Balaban J connectivity index is 2.69. The van der Waals surface area contributed by atoms with E-state index in [0.717, 1.165) is 22.9 Å². The minimum atomic E-state index is -0.888. The summed E-state index contributed by atoms with van der Waals surface area (Å²) in [5.74, 6) is 0.952. The number of thioether (sulfide) groups is 2. The van der Waals surface area contributed by atoms with Gasteiger partial charge >= 0.3 is 5.97 Å². The molecule has 0 radical (unpaired) electrons. The molecule has 98 valence electrons. The van der Waals surface area contributed by atoms with Crippen molar-refractivity contribution in [2.24, 2.45) is 0 Å². The molecular weight excluding hydrogens is 266 g/mol. The molecule has 0 aliphatic heterocycles. The Morgan fingerprint density at radius 2 is 2.33 bits per heavy atom. The van der Waals surface area contributed by atoms with Gasteiger partial charge in [0.25, 0.3) is 0 Å². The van der Waals surface area contributed by atoms with Crippen LogP contribution in [0, 0.1) is 0 Å². The SMILES string of the molecule is C=CCSCCNc1cccc(SC)c1C(=O)O. The first-order chi connectivity index (χ1) is 8.70. The molecule has 0 bridgehead atoms. The molecule has 5 heteroatoms. The predicted octanol–water partition coefficient (Wildman–Crippen LogP) is 3.44. The largest absolute Gasteiger partial charge is 0.478 e. The van der Waals surface area contributed by atoms with E-state index < -0.39 is 5.97 Å². The number of anilines is 1. The van der Waals surface area contributed by atoms with Crippen molar-refractivity contribution in [3.05, 3.63) is 36.4 Å². The van der Waals surface area contributed by atoms with Gasteiger partial charge in [0.1, 0.15) is 0 Å². The highest BCUT2D eigenvalue weighted by molar-refractivity contribution is 7.99. The summed E-state index contributed by atoms with van der Waals surface area (Å²) in [6.07, 6.45) is 3.74. The number of carboxylic acid groups (broad SMARTS) is 1. The van der Waals surface area contributed by atoms with Crippen molar-refractivity contribution in [2.75, 3.05) is 29.6 Å². The quantitative estimate of drug-likeness (QED) is 0.435. The summed E-state index contributed by atoms with van der Waals surface area (Å²) in [5, 5.41) is 12.4. The lowest BCUT2D eigenvalue weighted by atomic mass is 10.2. The summed E-state index contributed by atoms with van der Waals surface area (Å²) >= 11 is 3.21. The highest BCUT2D eigenvalue weighted by Gasteiger charge is 2.14. The molecule has 0 amide bonds. The smallest absolute Gasteiger partial charge is 0.338 e. The van der Waals surface area contributed by atoms with Crippen LogP contribution >= 0.6 is 23.5 Å². The molecule has 0 heterocycles. The maximum Gasteiger partial charge on any atom is 0.338 e. The number of nitrogens with one attached hydrogen (secondary N) is 1. The summed E-state index contributed by atoms with van der Waals surface area (Å²) in [5.41, 5.74) is 1.05. The van der Waals surface area contributed by atoms with Crippen molar-refractivity contribution in [1.29, 1.82) is 0 Å². The van der Waals surface area contributed by atoms with Crippen LogP contribution in [0.2, 0.25) is 0 Å². The Kier molecular flexibility index (Phi) is 6.75. The second-order valence-electron chi connectivity index (χ2n) is 3.48. The average Bonchev–Trinajstić information content (AvgIpc) is 2.37. The molecule has 0 saturated heterocycles. The molecule has 0 spiro atoms. The lowest BCUT2D eigenvalue weighted by molar-refractivity contribution is 0.0694. The van der Waals surface area contributed by atoms with E-state index in [1.807, 2.05) is 24.5 Å². The highest BCUT2D eigenvalue weighted by atomic mass is 32.2. The second kappa shape index (κ2) is 8.11. The van der Waals surface area contributed by atoms with Gasteiger partial charge in [-0.15, -0.1) is 18.3 Å². The summed E-state index contributed by atoms with van der Waals surface area (Å²) < 4.78 is 0. The van der Waals surface area contributed by atoms with E-state index in [4.69, 9.17) is 0 Å². The summed E-state index contributed by atoms with van der Waals surface area (Å²) in [6, 6.07) is 5.50. The normalized spacial score (nSPS) is 10.1. The molecule has 0 atom stereocenters. The zero-order valence-electron chi connectivity index (χ0n) is 10.3. The van der Waals surface area contributed by atoms with Crippen LogP contribution in [0.25, 0.3) is 0 Å². The maximum absolute atomic E-state index is 11.3. The fourth-order valence-corrected chi connectivity index (χ4v) is 2.69. The monoisotopic (exact) mass is 283 g/mol. The molecule has 0 aromatic heterocycles. The van der Waals surface area contributed by atoms with Gasteiger partial charge in [0.05, 0.1) is 5.56 Å². The van der Waals surface area contributed by atoms with Crippen LogP contribution in [0.5, 0.6) is 0 Å². The highest BCUT2D eigenvalue weighted by Crippen LogP contribution is 2.27.